The van der Waals surface area contributed by atoms with E-state index in [0.717, 1.165) is 16.3 Å². The number of esters is 1. The molecule has 0 saturated heterocycles. The molecule has 1 unspecified atom stereocenters. The number of nitrogens with two attached hydrogens (primary N) is 1. The molecule has 0 amide bonds. The summed E-state index contributed by atoms with van der Waals surface area (Å²) in [5.74, 6) is -0.621. The predicted molar refractivity (Wildman–Crippen MR) is 97.6 cm³/mol. The van der Waals surface area contributed by atoms with Crippen molar-refractivity contribution in [1.82, 2.24) is 10.2 Å². The van der Waals surface area contributed by atoms with Gasteiger partial charge in [-0.3, -0.25) is 9.89 Å². The van der Waals surface area contributed by atoms with Crippen LogP contribution in [0.5, 0.6) is 5.88 Å². The zero-order valence-corrected chi connectivity index (χ0v) is 14.5. The fourth-order valence-electron chi connectivity index (χ4n) is 3.38. The largest absolute Gasteiger partial charge is 0.469 e. The average Bonchev–Trinajstić information content (AvgIpc) is 3.08. The van der Waals surface area contributed by atoms with Crippen molar-refractivity contribution in [2.24, 2.45) is 5.73 Å². The number of aromatic nitrogens is 2. The molecular formula is C20H16N4O3. The lowest BCUT2D eigenvalue weighted by Crippen LogP contribution is -2.21. The van der Waals surface area contributed by atoms with Crippen molar-refractivity contribution in [3.63, 3.8) is 0 Å². The minimum absolute atomic E-state index is 0.00904. The van der Waals surface area contributed by atoms with Gasteiger partial charge in [0.05, 0.1) is 30.7 Å². The first-order valence-corrected chi connectivity index (χ1v) is 8.32. The third-order valence-electron chi connectivity index (χ3n) is 4.67. The third kappa shape index (κ3) is 2.77. The summed E-state index contributed by atoms with van der Waals surface area (Å²) in [6.45, 7) is 0. The summed E-state index contributed by atoms with van der Waals surface area (Å²) in [5, 5.41) is 18.8. The van der Waals surface area contributed by atoms with E-state index >= 15 is 0 Å². The molecule has 1 aliphatic heterocycles. The quantitative estimate of drug-likeness (QED) is 0.694. The van der Waals surface area contributed by atoms with Crippen molar-refractivity contribution in [3.05, 3.63) is 70.7 Å². The van der Waals surface area contributed by atoms with E-state index in [-0.39, 0.29) is 23.8 Å². The van der Waals surface area contributed by atoms with E-state index in [4.69, 9.17) is 15.2 Å². The van der Waals surface area contributed by atoms with Crippen molar-refractivity contribution in [2.75, 3.05) is 7.11 Å². The molecule has 0 bridgehead atoms. The number of nitrogens with zero attached hydrogens (tertiary/aromatic N) is 2. The van der Waals surface area contributed by atoms with Crippen LogP contribution in [0.1, 0.15) is 22.7 Å². The molecular weight excluding hydrogens is 344 g/mol. The van der Waals surface area contributed by atoms with Gasteiger partial charge in [0.1, 0.15) is 11.6 Å². The molecule has 1 aliphatic rings. The number of hydrogen-bond acceptors (Lipinski definition) is 6. The second-order valence-electron chi connectivity index (χ2n) is 6.21. The fraction of sp³-hybridized carbons (Fsp3) is 0.150. The van der Waals surface area contributed by atoms with Gasteiger partial charge in [-0.25, -0.2) is 0 Å². The minimum atomic E-state index is -0.484. The topological polar surface area (TPSA) is 114 Å². The Morgan fingerprint density at radius 1 is 1.33 bits per heavy atom. The lowest BCUT2D eigenvalue weighted by atomic mass is 9.83. The molecule has 134 valence electrons. The Labute approximate surface area is 155 Å². The second kappa shape index (κ2) is 6.50. The number of benzene rings is 2. The Morgan fingerprint density at radius 3 is 2.85 bits per heavy atom. The van der Waals surface area contributed by atoms with Crippen LogP contribution in [-0.2, 0) is 16.0 Å². The number of nitrogens with one attached hydrogen (secondary N) is 1. The van der Waals surface area contributed by atoms with E-state index in [1.807, 2.05) is 42.5 Å². The molecule has 0 saturated carbocycles. The van der Waals surface area contributed by atoms with Crippen molar-refractivity contribution >= 4 is 16.7 Å². The van der Waals surface area contributed by atoms with Gasteiger partial charge in [0.25, 0.3) is 0 Å². The van der Waals surface area contributed by atoms with Gasteiger partial charge >= 0.3 is 5.97 Å². The molecule has 2 aromatic carbocycles. The van der Waals surface area contributed by atoms with Gasteiger partial charge in [0.2, 0.25) is 11.8 Å². The Bertz CT molecular complexity index is 1120. The van der Waals surface area contributed by atoms with Gasteiger partial charge in [-0.15, -0.1) is 5.10 Å². The minimum Gasteiger partial charge on any atom is -0.469 e. The van der Waals surface area contributed by atoms with E-state index in [0.29, 0.717) is 11.3 Å². The van der Waals surface area contributed by atoms with Crippen LogP contribution in [0.25, 0.3) is 10.8 Å². The van der Waals surface area contributed by atoms with E-state index < -0.39 is 11.9 Å². The maximum Gasteiger partial charge on any atom is 0.311 e. The molecule has 7 heteroatoms. The average molecular weight is 360 g/mol. The molecule has 3 aromatic rings. The van der Waals surface area contributed by atoms with Crippen LogP contribution in [-0.4, -0.2) is 23.3 Å². The first-order valence-electron chi connectivity index (χ1n) is 8.32. The number of H-pyrrole nitrogens is 1. The van der Waals surface area contributed by atoms with Gasteiger partial charge in [-0.2, -0.15) is 5.26 Å². The summed E-state index contributed by atoms with van der Waals surface area (Å²) in [6, 6.07) is 16.0. The SMILES string of the molecule is COC(=O)Cc1[nH]nc2c1C(c1ccc3ccccc3c1)C(C#N)=C(N)O2. The predicted octanol–water partition coefficient (Wildman–Crippen LogP) is 2.50. The number of carbonyl (C=O) groups excluding carboxylic acids is 1. The smallest absolute Gasteiger partial charge is 0.311 e. The molecule has 4 rings (SSSR count). The lowest BCUT2D eigenvalue weighted by molar-refractivity contribution is -0.139. The van der Waals surface area contributed by atoms with Crippen molar-refractivity contribution in [1.29, 1.82) is 5.26 Å². The van der Waals surface area contributed by atoms with Gasteiger partial charge in [-0.05, 0) is 16.3 Å². The maximum absolute atomic E-state index is 11.8. The molecule has 0 fully saturated rings. The molecule has 27 heavy (non-hydrogen) atoms. The van der Waals surface area contributed by atoms with Crippen LogP contribution in [0, 0.1) is 11.3 Å². The van der Waals surface area contributed by atoms with E-state index in [9.17, 15) is 10.1 Å². The highest BCUT2D eigenvalue weighted by Gasteiger charge is 2.35. The maximum atomic E-state index is 11.8. The standard InChI is InChI=1S/C20H16N4O3/c1-26-16(25)9-15-18-17(14(10-21)19(22)27-20(18)24-23-15)13-7-6-11-4-2-3-5-12(11)8-13/h2-8,17H,9,22H2,1H3,(H,23,24). The van der Waals surface area contributed by atoms with E-state index in [1.165, 1.54) is 7.11 Å². The molecule has 2 heterocycles. The molecule has 0 aliphatic carbocycles. The number of aromatic amines is 1. The van der Waals surface area contributed by atoms with Gasteiger partial charge in [0.15, 0.2) is 0 Å². The number of methoxy groups -OCH3 is 1. The number of carbonyl (C=O) groups is 1. The number of allylic oxidation sites excluding steroid dienone is 1. The van der Waals surface area contributed by atoms with Crippen LogP contribution in [0.2, 0.25) is 0 Å². The highest BCUT2D eigenvalue weighted by Crippen LogP contribution is 2.43. The number of hydrogen-bond donors (Lipinski definition) is 2. The summed E-state index contributed by atoms with van der Waals surface area (Å²) in [5.41, 5.74) is 8.28. The first-order chi connectivity index (χ1) is 13.1. The summed E-state index contributed by atoms with van der Waals surface area (Å²) in [7, 11) is 1.32. The fourth-order valence-corrected chi connectivity index (χ4v) is 3.38. The zero-order valence-electron chi connectivity index (χ0n) is 14.5. The normalized spacial score (nSPS) is 15.8. The summed E-state index contributed by atoms with van der Waals surface area (Å²) < 4.78 is 10.3. The Balaban J connectivity index is 1.90. The molecule has 7 nitrogen and oxygen atoms in total. The first kappa shape index (κ1) is 16.7. The van der Waals surface area contributed by atoms with Crippen LogP contribution in [0.15, 0.2) is 53.9 Å². The highest BCUT2D eigenvalue weighted by molar-refractivity contribution is 5.83. The summed E-state index contributed by atoms with van der Waals surface area (Å²) >= 11 is 0. The molecule has 1 aromatic heterocycles. The summed E-state index contributed by atoms with van der Waals surface area (Å²) in [6.07, 6.45) is -0.00904. The van der Waals surface area contributed by atoms with Gasteiger partial charge in [0, 0.05) is 0 Å². The van der Waals surface area contributed by atoms with Crippen LogP contribution >= 0.6 is 0 Å². The lowest BCUT2D eigenvalue weighted by Gasteiger charge is -2.24. The number of nitriles is 1. The second-order valence-corrected chi connectivity index (χ2v) is 6.21. The Morgan fingerprint density at radius 2 is 2.11 bits per heavy atom. The van der Waals surface area contributed by atoms with Crippen molar-refractivity contribution in [3.8, 4) is 11.9 Å². The van der Waals surface area contributed by atoms with Crippen molar-refractivity contribution < 1.29 is 14.3 Å². The molecule has 3 N–H and O–H groups in total. The zero-order chi connectivity index (χ0) is 19.0. The number of rotatable bonds is 3. The van der Waals surface area contributed by atoms with Crippen LogP contribution in [0.3, 0.4) is 0 Å². The molecule has 1 atom stereocenters. The molecule has 0 spiro atoms. The van der Waals surface area contributed by atoms with Crippen LogP contribution in [0.4, 0.5) is 0 Å². The monoisotopic (exact) mass is 360 g/mol. The van der Waals surface area contributed by atoms with E-state index in [2.05, 4.69) is 16.3 Å². The van der Waals surface area contributed by atoms with E-state index in [1.54, 1.807) is 0 Å². The van der Waals surface area contributed by atoms with Crippen molar-refractivity contribution in [2.45, 2.75) is 12.3 Å². The Kier molecular flexibility index (Phi) is 4.01. The highest BCUT2D eigenvalue weighted by atomic mass is 16.5. The number of ether oxygens (including phenoxy) is 2. The Hall–Kier alpha value is -3.79. The number of fused-ring (bicyclic) bond motifs is 2. The van der Waals surface area contributed by atoms with Crippen LogP contribution < -0.4 is 10.5 Å². The third-order valence-corrected chi connectivity index (χ3v) is 4.67. The van der Waals surface area contributed by atoms with Gasteiger partial charge < -0.3 is 15.2 Å². The summed E-state index contributed by atoms with van der Waals surface area (Å²) in [4.78, 5) is 11.8. The van der Waals surface area contributed by atoms with Gasteiger partial charge in [-0.1, -0.05) is 42.5 Å². The molecule has 0 radical (unpaired) electrons.